The van der Waals surface area contributed by atoms with Gasteiger partial charge in [0.05, 0.1) is 6.20 Å². The molecule has 2 N–H and O–H groups in total. The Morgan fingerprint density at radius 3 is 2.47 bits per heavy atom. The highest BCUT2D eigenvalue weighted by Gasteiger charge is 2.10. The van der Waals surface area contributed by atoms with Gasteiger partial charge in [0, 0.05) is 17.3 Å². The first-order valence-corrected chi connectivity index (χ1v) is 5.68. The van der Waals surface area contributed by atoms with Crippen LogP contribution in [0.4, 0.5) is 10.2 Å². The maximum absolute atomic E-state index is 12.8. The van der Waals surface area contributed by atoms with Gasteiger partial charge in [0.2, 0.25) is 0 Å². The van der Waals surface area contributed by atoms with Crippen molar-refractivity contribution in [2.75, 3.05) is 5.73 Å². The van der Waals surface area contributed by atoms with Crippen LogP contribution in [0, 0.1) is 5.82 Å². The number of hydrogen-bond donors (Lipinski definition) is 1. The molecule has 1 aromatic carbocycles. The molecule has 2 heterocycles. The number of halogens is 1. The minimum atomic E-state index is -0.366. The minimum absolute atomic E-state index is 0.172. The third-order valence-corrected chi connectivity index (χ3v) is 2.84. The molecule has 5 heteroatoms. The molecule has 19 heavy (non-hydrogen) atoms. The predicted molar refractivity (Wildman–Crippen MR) is 69.4 cm³/mol. The number of nitrogen functional groups attached to an aromatic ring is 1. The van der Waals surface area contributed by atoms with Crippen molar-refractivity contribution in [3.8, 4) is 0 Å². The number of pyridine rings is 1. The summed E-state index contributed by atoms with van der Waals surface area (Å²) in [6.45, 7) is 0. The summed E-state index contributed by atoms with van der Waals surface area (Å²) in [5.41, 5.74) is 7.20. The Morgan fingerprint density at radius 1 is 1.05 bits per heavy atom. The second-order valence-electron chi connectivity index (χ2n) is 4.19. The summed E-state index contributed by atoms with van der Waals surface area (Å²) < 4.78 is 14.5. The van der Waals surface area contributed by atoms with Crippen molar-refractivity contribution in [3.05, 3.63) is 65.7 Å². The first-order chi connectivity index (χ1) is 9.13. The van der Waals surface area contributed by atoms with Gasteiger partial charge < -0.3 is 10.1 Å². The molecule has 0 saturated carbocycles. The van der Waals surface area contributed by atoms with Gasteiger partial charge in [0.15, 0.2) is 5.78 Å². The standard InChI is InChI=1S/C14H10FN3O/c15-11-4-1-9(2-5-11)14(19)10-3-6-13-17-12(16)8-18(13)7-10/h1-8H,16H2. The summed E-state index contributed by atoms with van der Waals surface area (Å²) in [7, 11) is 0. The number of carbonyl (C=O) groups is 1. The molecule has 0 atom stereocenters. The van der Waals surface area contributed by atoms with E-state index in [-0.39, 0.29) is 11.6 Å². The van der Waals surface area contributed by atoms with Gasteiger partial charge in [-0.2, -0.15) is 0 Å². The zero-order valence-electron chi connectivity index (χ0n) is 9.88. The fourth-order valence-electron chi connectivity index (χ4n) is 1.91. The van der Waals surface area contributed by atoms with Crippen LogP contribution in [-0.2, 0) is 0 Å². The van der Waals surface area contributed by atoms with E-state index in [0.717, 1.165) is 0 Å². The molecule has 0 radical (unpaired) electrons. The molecule has 4 nitrogen and oxygen atoms in total. The predicted octanol–water partition coefficient (Wildman–Crippen LogP) is 2.29. The Kier molecular flexibility index (Phi) is 2.52. The van der Waals surface area contributed by atoms with Crippen molar-refractivity contribution in [2.24, 2.45) is 0 Å². The van der Waals surface area contributed by atoms with Crippen LogP contribution >= 0.6 is 0 Å². The molecule has 94 valence electrons. The number of imidazole rings is 1. The number of benzene rings is 1. The minimum Gasteiger partial charge on any atom is -0.382 e. The van der Waals surface area contributed by atoms with Gasteiger partial charge in [-0.25, -0.2) is 9.37 Å². The Hall–Kier alpha value is -2.69. The molecule has 0 fully saturated rings. The van der Waals surface area contributed by atoms with Gasteiger partial charge in [-0.05, 0) is 36.4 Å². The normalized spacial score (nSPS) is 10.8. The number of ketones is 1. The number of nitrogens with zero attached hydrogens (tertiary/aromatic N) is 2. The molecule has 0 spiro atoms. The van der Waals surface area contributed by atoms with Crippen LogP contribution in [0.3, 0.4) is 0 Å². The third kappa shape index (κ3) is 2.06. The van der Waals surface area contributed by atoms with E-state index in [1.807, 2.05) is 0 Å². The fraction of sp³-hybridized carbons (Fsp3) is 0. The first kappa shape index (κ1) is 11.4. The van der Waals surface area contributed by atoms with Crippen molar-refractivity contribution >= 4 is 17.2 Å². The van der Waals surface area contributed by atoms with E-state index >= 15 is 0 Å². The molecule has 0 aliphatic carbocycles. The Labute approximate surface area is 108 Å². The molecular weight excluding hydrogens is 245 g/mol. The highest BCUT2D eigenvalue weighted by atomic mass is 19.1. The van der Waals surface area contributed by atoms with E-state index in [1.165, 1.54) is 24.3 Å². The number of aromatic nitrogens is 2. The summed E-state index contributed by atoms with van der Waals surface area (Å²) >= 11 is 0. The lowest BCUT2D eigenvalue weighted by Crippen LogP contribution is -2.02. The van der Waals surface area contributed by atoms with E-state index in [2.05, 4.69) is 4.98 Å². The van der Waals surface area contributed by atoms with Crippen LogP contribution < -0.4 is 5.73 Å². The van der Waals surface area contributed by atoms with E-state index in [4.69, 9.17) is 5.73 Å². The van der Waals surface area contributed by atoms with Crippen LogP contribution in [0.25, 0.3) is 5.65 Å². The van der Waals surface area contributed by atoms with Crippen LogP contribution in [0.2, 0.25) is 0 Å². The van der Waals surface area contributed by atoms with Gasteiger partial charge in [-0.1, -0.05) is 0 Å². The van der Waals surface area contributed by atoms with Gasteiger partial charge >= 0.3 is 0 Å². The molecular formula is C14H10FN3O. The Bertz CT molecular complexity index is 762. The summed E-state index contributed by atoms with van der Waals surface area (Å²) in [6, 6.07) is 8.84. The summed E-state index contributed by atoms with van der Waals surface area (Å²) in [5.74, 6) is -0.144. The molecule has 3 aromatic rings. The zero-order chi connectivity index (χ0) is 13.4. The number of hydrogen-bond acceptors (Lipinski definition) is 3. The molecule has 0 bridgehead atoms. The lowest BCUT2D eigenvalue weighted by atomic mass is 10.1. The van der Waals surface area contributed by atoms with Gasteiger partial charge in [0.25, 0.3) is 0 Å². The lowest BCUT2D eigenvalue weighted by Gasteiger charge is -2.02. The molecule has 0 unspecified atom stereocenters. The maximum Gasteiger partial charge on any atom is 0.194 e. The highest BCUT2D eigenvalue weighted by Crippen LogP contribution is 2.13. The van der Waals surface area contributed by atoms with Crippen molar-refractivity contribution in [3.63, 3.8) is 0 Å². The topological polar surface area (TPSA) is 60.4 Å². The summed E-state index contributed by atoms with van der Waals surface area (Å²) in [6.07, 6.45) is 3.29. The average Bonchev–Trinajstić information content (AvgIpc) is 2.77. The van der Waals surface area contributed by atoms with E-state index < -0.39 is 0 Å². The van der Waals surface area contributed by atoms with Crippen LogP contribution in [0.5, 0.6) is 0 Å². The maximum atomic E-state index is 12.8. The van der Waals surface area contributed by atoms with Crippen molar-refractivity contribution in [1.29, 1.82) is 0 Å². The number of anilines is 1. The molecule has 3 rings (SSSR count). The largest absolute Gasteiger partial charge is 0.382 e. The van der Waals surface area contributed by atoms with Crippen LogP contribution in [-0.4, -0.2) is 15.2 Å². The lowest BCUT2D eigenvalue weighted by molar-refractivity contribution is 0.103. The smallest absolute Gasteiger partial charge is 0.194 e. The van der Waals surface area contributed by atoms with Crippen LogP contribution in [0.1, 0.15) is 15.9 Å². The van der Waals surface area contributed by atoms with E-state index in [1.54, 1.807) is 28.9 Å². The molecule has 0 aliphatic heterocycles. The Morgan fingerprint density at radius 2 is 1.74 bits per heavy atom. The van der Waals surface area contributed by atoms with Crippen molar-refractivity contribution in [1.82, 2.24) is 9.38 Å². The SMILES string of the molecule is Nc1cn2cc(C(=O)c3ccc(F)cc3)ccc2n1. The number of carbonyl (C=O) groups excluding carboxylic acids is 1. The summed E-state index contributed by atoms with van der Waals surface area (Å²) in [5, 5.41) is 0. The van der Waals surface area contributed by atoms with E-state index in [9.17, 15) is 9.18 Å². The first-order valence-electron chi connectivity index (χ1n) is 5.68. The Balaban J connectivity index is 2.03. The second kappa shape index (κ2) is 4.20. The number of nitrogens with two attached hydrogens (primary N) is 1. The second-order valence-corrected chi connectivity index (χ2v) is 4.19. The van der Waals surface area contributed by atoms with Crippen LogP contribution in [0.15, 0.2) is 48.8 Å². The molecule has 0 amide bonds. The molecule has 0 saturated heterocycles. The van der Waals surface area contributed by atoms with Gasteiger partial charge in [-0.3, -0.25) is 4.79 Å². The average molecular weight is 255 g/mol. The molecule has 0 aliphatic rings. The number of rotatable bonds is 2. The zero-order valence-corrected chi connectivity index (χ0v) is 9.88. The van der Waals surface area contributed by atoms with E-state index in [0.29, 0.717) is 22.6 Å². The fourth-order valence-corrected chi connectivity index (χ4v) is 1.91. The molecule has 2 aromatic heterocycles. The summed E-state index contributed by atoms with van der Waals surface area (Å²) in [4.78, 5) is 16.3. The van der Waals surface area contributed by atoms with Crippen molar-refractivity contribution in [2.45, 2.75) is 0 Å². The third-order valence-electron chi connectivity index (χ3n) is 2.84. The number of fused-ring (bicyclic) bond motifs is 1. The monoisotopic (exact) mass is 255 g/mol. The quantitative estimate of drug-likeness (QED) is 0.715. The van der Waals surface area contributed by atoms with Gasteiger partial charge in [-0.15, -0.1) is 0 Å². The van der Waals surface area contributed by atoms with Gasteiger partial charge in [0.1, 0.15) is 17.3 Å². The van der Waals surface area contributed by atoms with Crippen molar-refractivity contribution < 1.29 is 9.18 Å². The highest BCUT2D eigenvalue weighted by molar-refractivity contribution is 6.08.